The molecule has 0 aliphatic carbocycles. The fourth-order valence-corrected chi connectivity index (χ4v) is 4.11. The Balaban J connectivity index is 2.41. The molecule has 8 heteroatoms. The minimum atomic E-state index is -4.33. The Labute approximate surface area is 142 Å². The molecule has 0 spiro atoms. The monoisotopic (exact) mass is 512 g/mol. The highest BCUT2D eigenvalue weighted by molar-refractivity contribution is 14.1. The van der Waals surface area contributed by atoms with Crippen molar-refractivity contribution in [3.63, 3.8) is 0 Å². The van der Waals surface area contributed by atoms with E-state index in [1.54, 1.807) is 0 Å². The van der Waals surface area contributed by atoms with Crippen LogP contribution in [0, 0.1) is 7.14 Å². The number of phenolic OH excluding ortho intramolecular Hbond substituents is 1. The highest BCUT2D eigenvalue weighted by Gasteiger charge is 2.45. The van der Waals surface area contributed by atoms with Crippen molar-refractivity contribution in [2.75, 3.05) is 26.2 Å². The number of aromatic hydroxyl groups is 1. The van der Waals surface area contributed by atoms with Crippen LogP contribution in [0.3, 0.4) is 0 Å². The number of nitrogens with zero attached hydrogens (tertiary/aromatic N) is 1. The van der Waals surface area contributed by atoms with Crippen LogP contribution >= 0.6 is 45.2 Å². The number of piperazine rings is 1. The molecular weight excluding hydrogens is 499 g/mol. The zero-order valence-corrected chi connectivity index (χ0v) is 14.7. The zero-order chi connectivity index (χ0) is 14.9. The fourth-order valence-electron chi connectivity index (χ4n) is 2.29. The van der Waals surface area contributed by atoms with Crippen LogP contribution in [0.1, 0.15) is 11.6 Å². The first kappa shape index (κ1) is 16.6. The molecule has 1 atom stereocenters. The van der Waals surface area contributed by atoms with Crippen molar-refractivity contribution in [2.45, 2.75) is 12.2 Å². The van der Waals surface area contributed by atoms with Gasteiger partial charge in [-0.3, -0.25) is 4.90 Å². The molecule has 0 radical (unpaired) electrons. The predicted molar refractivity (Wildman–Crippen MR) is 86.8 cm³/mol. The van der Waals surface area contributed by atoms with E-state index in [-0.39, 0.29) is 11.3 Å². The number of hydrogen-bond acceptors (Lipinski definition) is 3. The lowest BCUT2D eigenvalue weighted by Crippen LogP contribution is -2.49. The van der Waals surface area contributed by atoms with E-state index in [1.807, 2.05) is 45.2 Å². The molecule has 1 aromatic carbocycles. The maximum atomic E-state index is 13.4. The molecule has 1 fully saturated rings. The van der Waals surface area contributed by atoms with Gasteiger partial charge < -0.3 is 10.4 Å². The third-order valence-corrected chi connectivity index (χ3v) is 4.83. The number of halogens is 5. The molecule has 0 aromatic heterocycles. The highest BCUT2D eigenvalue weighted by Crippen LogP contribution is 2.40. The van der Waals surface area contributed by atoms with Gasteiger partial charge in [0, 0.05) is 26.2 Å². The van der Waals surface area contributed by atoms with Gasteiger partial charge in [0.2, 0.25) is 0 Å². The first-order valence-electron chi connectivity index (χ1n) is 6.00. The summed E-state index contributed by atoms with van der Waals surface area (Å²) in [5, 5.41) is 12.8. The van der Waals surface area contributed by atoms with Crippen LogP contribution in [0.25, 0.3) is 0 Å². The predicted octanol–water partition coefficient (Wildman–Crippen LogP) is 3.11. The van der Waals surface area contributed by atoms with Gasteiger partial charge in [-0.1, -0.05) is 0 Å². The van der Waals surface area contributed by atoms with Gasteiger partial charge in [0.1, 0.15) is 11.8 Å². The van der Waals surface area contributed by atoms with Crippen molar-refractivity contribution in [3.05, 3.63) is 24.8 Å². The molecule has 1 aromatic rings. The van der Waals surface area contributed by atoms with Crippen LogP contribution in [-0.2, 0) is 0 Å². The number of benzene rings is 1. The van der Waals surface area contributed by atoms with Crippen LogP contribution < -0.4 is 5.32 Å². The van der Waals surface area contributed by atoms with Crippen molar-refractivity contribution < 1.29 is 18.3 Å². The minimum absolute atomic E-state index is 0.0381. The lowest BCUT2D eigenvalue weighted by atomic mass is 10.0. The first-order valence-corrected chi connectivity index (χ1v) is 8.16. The molecule has 1 aliphatic heterocycles. The minimum Gasteiger partial charge on any atom is -0.506 e. The second-order valence-corrected chi connectivity index (χ2v) is 6.89. The summed E-state index contributed by atoms with van der Waals surface area (Å²) >= 11 is 3.71. The molecule has 0 amide bonds. The maximum absolute atomic E-state index is 13.4. The smallest absolute Gasteiger partial charge is 0.408 e. The number of alkyl halides is 3. The summed E-state index contributed by atoms with van der Waals surface area (Å²) in [5.74, 6) is 0.0381. The Morgan fingerprint density at radius 2 is 1.65 bits per heavy atom. The van der Waals surface area contributed by atoms with Crippen molar-refractivity contribution >= 4 is 45.2 Å². The Kier molecular flexibility index (Phi) is 5.40. The van der Waals surface area contributed by atoms with Crippen LogP contribution in [-0.4, -0.2) is 42.4 Å². The molecule has 2 rings (SSSR count). The standard InChI is InChI=1S/C12H13F3I2N2O/c13-12(14,15)11(19-3-1-18-2-4-19)7-5-8(16)10(20)9(17)6-7/h5-6,11,18,20H,1-4H2/t11-/m0/s1. The van der Waals surface area contributed by atoms with E-state index in [1.165, 1.54) is 17.0 Å². The maximum Gasteiger partial charge on any atom is 0.408 e. The topological polar surface area (TPSA) is 35.5 Å². The van der Waals surface area contributed by atoms with E-state index in [4.69, 9.17) is 0 Å². The lowest BCUT2D eigenvalue weighted by Gasteiger charge is -2.36. The van der Waals surface area contributed by atoms with Gasteiger partial charge in [-0.25, -0.2) is 0 Å². The summed E-state index contributed by atoms with van der Waals surface area (Å²) in [4.78, 5) is 1.44. The summed E-state index contributed by atoms with van der Waals surface area (Å²) in [7, 11) is 0. The fraction of sp³-hybridized carbons (Fsp3) is 0.500. The van der Waals surface area contributed by atoms with Gasteiger partial charge in [-0.15, -0.1) is 0 Å². The average Bonchev–Trinajstić information content (AvgIpc) is 2.35. The van der Waals surface area contributed by atoms with Crippen LogP contribution in [0.4, 0.5) is 13.2 Å². The second-order valence-electron chi connectivity index (χ2n) is 4.56. The largest absolute Gasteiger partial charge is 0.506 e. The molecule has 3 nitrogen and oxygen atoms in total. The van der Waals surface area contributed by atoms with Gasteiger partial charge in [-0.2, -0.15) is 13.2 Å². The van der Waals surface area contributed by atoms with Crippen molar-refractivity contribution in [3.8, 4) is 5.75 Å². The SMILES string of the molecule is Oc1c(I)cc([C@H](N2CCNCC2)C(F)(F)F)cc1I. The van der Waals surface area contributed by atoms with E-state index < -0.39 is 12.2 Å². The molecule has 2 N–H and O–H groups in total. The molecule has 0 saturated carbocycles. The van der Waals surface area contributed by atoms with Crippen molar-refractivity contribution in [1.29, 1.82) is 0 Å². The van der Waals surface area contributed by atoms with Crippen molar-refractivity contribution in [1.82, 2.24) is 10.2 Å². The normalized spacial score (nSPS) is 19.1. The third kappa shape index (κ3) is 3.69. The molecule has 1 aliphatic rings. The summed E-state index contributed by atoms with van der Waals surface area (Å²) in [6, 6.07) is 1.21. The molecule has 0 bridgehead atoms. The van der Waals surface area contributed by atoms with E-state index in [0.29, 0.717) is 33.3 Å². The quantitative estimate of drug-likeness (QED) is 0.599. The average molecular weight is 512 g/mol. The van der Waals surface area contributed by atoms with Crippen molar-refractivity contribution in [2.24, 2.45) is 0 Å². The summed E-state index contributed by atoms with van der Waals surface area (Å²) in [6.07, 6.45) is -4.33. The zero-order valence-electron chi connectivity index (χ0n) is 10.3. The first-order chi connectivity index (χ1) is 9.30. The summed E-state index contributed by atoms with van der Waals surface area (Å²) < 4.78 is 41.2. The van der Waals surface area contributed by atoms with E-state index in [2.05, 4.69) is 5.32 Å². The van der Waals surface area contributed by atoms with E-state index in [9.17, 15) is 18.3 Å². The summed E-state index contributed by atoms with van der Waals surface area (Å²) in [6.45, 7) is 1.83. The Bertz CT molecular complexity index is 467. The Morgan fingerprint density at radius 3 is 2.10 bits per heavy atom. The second kappa shape index (κ2) is 6.53. The molecule has 20 heavy (non-hydrogen) atoms. The van der Waals surface area contributed by atoms with Gasteiger partial charge in [0.05, 0.1) is 7.14 Å². The van der Waals surface area contributed by atoms with E-state index in [0.717, 1.165) is 0 Å². The molecule has 1 saturated heterocycles. The third-order valence-electron chi connectivity index (χ3n) is 3.18. The highest BCUT2D eigenvalue weighted by atomic mass is 127. The number of nitrogens with one attached hydrogen (secondary N) is 1. The molecule has 0 unspecified atom stereocenters. The van der Waals surface area contributed by atoms with Crippen LogP contribution in [0.5, 0.6) is 5.75 Å². The summed E-state index contributed by atoms with van der Waals surface area (Å²) in [5.41, 5.74) is 0.186. The number of phenols is 1. The van der Waals surface area contributed by atoms with Gasteiger partial charge in [0.25, 0.3) is 0 Å². The number of hydrogen-bond donors (Lipinski definition) is 2. The number of rotatable bonds is 2. The Hall–Kier alpha value is 0.190. The van der Waals surface area contributed by atoms with Gasteiger partial charge in [-0.05, 0) is 62.9 Å². The van der Waals surface area contributed by atoms with Gasteiger partial charge in [0.15, 0.2) is 0 Å². The van der Waals surface area contributed by atoms with E-state index >= 15 is 0 Å². The molecular formula is C12H13F3I2N2O. The van der Waals surface area contributed by atoms with Crippen LogP contribution in [0.2, 0.25) is 0 Å². The Morgan fingerprint density at radius 1 is 1.15 bits per heavy atom. The lowest BCUT2D eigenvalue weighted by molar-refractivity contribution is -0.187. The van der Waals surface area contributed by atoms with Gasteiger partial charge >= 0.3 is 6.18 Å². The molecule has 112 valence electrons. The van der Waals surface area contributed by atoms with Crippen LogP contribution in [0.15, 0.2) is 12.1 Å². The molecule has 1 heterocycles.